The van der Waals surface area contributed by atoms with Crippen LogP contribution < -0.4 is 0 Å². The average Bonchev–Trinajstić information content (AvgIpc) is 3.03. The molecule has 1 unspecified atom stereocenters. The second-order valence-electron chi connectivity index (χ2n) is 15.3. The number of aliphatic hydroxyl groups is 1. The summed E-state index contributed by atoms with van der Waals surface area (Å²) >= 11 is 0. The number of hydrogen-bond donors (Lipinski definition) is 1. The van der Waals surface area contributed by atoms with Crippen LogP contribution in [0.2, 0.25) is 0 Å². The molecule has 4 aromatic carbocycles. The monoisotopic (exact) mass is 678 g/mol. The highest BCUT2D eigenvalue weighted by Gasteiger charge is 2.21. The van der Waals surface area contributed by atoms with Gasteiger partial charge in [-0.1, -0.05) is 60.2 Å². The minimum Gasteiger partial charge on any atom is -0.396 e. The van der Waals surface area contributed by atoms with E-state index in [2.05, 4.69) is 124 Å². The van der Waals surface area contributed by atoms with Crippen LogP contribution in [0.3, 0.4) is 0 Å². The van der Waals surface area contributed by atoms with Gasteiger partial charge in [-0.15, -0.1) is 0 Å². The predicted molar refractivity (Wildman–Crippen MR) is 208 cm³/mol. The zero-order valence-corrected chi connectivity index (χ0v) is 32.8. The zero-order chi connectivity index (χ0) is 36.6. The summed E-state index contributed by atoms with van der Waals surface area (Å²) in [4.78, 5) is 0. The van der Waals surface area contributed by atoms with E-state index in [1.165, 1.54) is 83.5 Å². The zero-order valence-electron chi connectivity index (χ0n) is 32.8. The lowest BCUT2D eigenvalue weighted by molar-refractivity contribution is -0.0598. The SMILES string of the molecule is Cc1ccc(Cc2cc(COCc3cc(Cc4ccc(C)c(COC(C)(C)CCOC(C)CCO)c4C)c(C)cc3C)c(C)cc2C)c(C)c1. The molecule has 0 aromatic heterocycles. The van der Waals surface area contributed by atoms with E-state index >= 15 is 0 Å². The Morgan fingerprint density at radius 1 is 0.600 bits per heavy atom. The summed E-state index contributed by atoms with van der Waals surface area (Å²) < 4.78 is 18.8. The normalized spacial score (nSPS) is 12.5. The van der Waals surface area contributed by atoms with Crippen LogP contribution in [-0.4, -0.2) is 30.0 Å². The molecule has 0 saturated carbocycles. The molecular weight excluding hydrogens is 617 g/mol. The maximum atomic E-state index is 9.15. The van der Waals surface area contributed by atoms with Crippen molar-refractivity contribution in [1.82, 2.24) is 0 Å². The van der Waals surface area contributed by atoms with Crippen molar-refractivity contribution in [2.24, 2.45) is 0 Å². The van der Waals surface area contributed by atoms with Crippen LogP contribution in [0.15, 0.2) is 54.6 Å². The number of benzene rings is 4. The van der Waals surface area contributed by atoms with Crippen LogP contribution in [0, 0.1) is 55.4 Å². The standard InChI is InChI=1S/C46H62O4/c1-30-12-14-39(32(3)20-30)23-41-25-43(35(6)21-33(41)4)27-48-28-44-26-42(34(5)22-36(44)7)24-40-15-13-31(2)45(38(40)9)29-50-46(10,11)17-19-49-37(8)16-18-47/h12-15,20-22,25-26,37,47H,16-19,23-24,27-29H2,1-11H3. The van der Waals surface area contributed by atoms with Crippen LogP contribution >= 0.6 is 0 Å². The predicted octanol–water partition coefficient (Wildman–Crippen LogP) is 10.5. The van der Waals surface area contributed by atoms with E-state index in [0.717, 1.165) is 19.3 Å². The molecule has 50 heavy (non-hydrogen) atoms. The van der Waals surface area contributed by atoms with E-state index in [-0.39, 0.29) is 18.3 Å². The van der Waals surface area contributed by atoms with Gasteiger partial charge in [-0.05, 0) is 180 Å². The molecule has 0 aliphatic rings. The van der Waals surface area contributed by atoms with Gasteiger partial charge >= 0.3 is 0 Å². The van der Waals surface area contributed by atoms with Crippen LogP contribution in [-0.2, 0) is 46.9 Å². The molecular formula is C46H62O4. The van der Waals surface area contributed by atoms with Crippen LogP contribution in [0.4, 0.5) is 0 Å². The van der Waals surface area contributed by atoms with E-state index in [0.29, 0.717) is 32.8 Å². The molecule has 0 bridgehead atoms. The van der Waals surface area contributed by atoms with Crippen molar-refractivity contribution in [1.29, 1.82) is 0 Å². The summed E-state index contributed by atoms with van der Waals surface area (Å²) in [7, 11) is 0. The summed E-state index contributed by atoms with van der Waals surface area (Å²) in [5.41, 5.74) is 19.3. The van der Waals surface area contributed by atoms with E-state index < -0.39 is 0 Å². The van der Waals surface area contributed by atoms with Crippen molar-refractivity contribution >= 4 is 0 Å². The molecule has 0 amide bonds. The van der Waals surface area contributed by atoms with E-state index in [4.69, 9.17) is 19.3 Å². The molecule has 4 nitrogen and oxygen atoms in total. The quantitative estimate of drug-likeness (QED) is 0.121. The topological polar surface area (TPSA) is 47.9 Å². The number of ether oxygens (including phenoxy) is 3. The summed E-state index contributed by atoms with van der Waals surface area (Å²) in [5, 5.41) is 9.15. The maximum Gasteiger partial charge on any atom is 0.0729 e. The smallest absolute Gasteiger partial charge is 0.0729 e. The van der Waals surface area contributed by atoms with Gasteiger partial charge in [0.05, 0.1) is 31.5 Å². The lowest BCUT2D eigenvalue weighted by Gasteiger charge is -2.27. The third-order valence-corrected chi connectivity index (χ3v) is 10.6. The number of rotatable bonds is 17. The van der Waals surface area contributed by atoms with Crippen molar-refractivity contribution < 1.29 is 19.3 Å². The lowest BCUT2D eigenvalue weighted by atomic mass is 9.90. The Bertz CT molecular complexity index is 1750. The highest BCUT2D eigenvalue weighted by atomic mass is 16.5. The Morgan fingerprint density at radius 3 is 1.72 bits per heavy atom. The van der Waals surface area contributed by atoms with Gasteiger partial charge in [-0.2, -0.15) is 0 Å². The largest absolute Gasteiger partial charge is 0.396 e. The average molecular weight is 679 g/mol. The Hall–Kier alpha value is -3.28. The van der Waals surface area contributed by atoms with Gasteiger partial charge in [-0.3, -0.25) is 0 Å². The molecule has 1 N–H and O–H groups in total. The first kappa shape index (κ1) is 39.5. The molecule has 4 heteroatoms. The van der Waals surface area contributed by atoms with Crippen molar-refractivity contribution in [2.45, 2.75) is 133 Å². The van der Waals surface area contributed by atoms with E-state index in [1.807, 2.05) is 6.92 Å². The first-order valence-corrected chi connectivity index (χ1v) is 18.4. The van der Waals surface area contributed by atoms with Crippen molar-refractivity contribution in [3.63, 3.8) is 0 Å². The summed E-state index contributed by atoms with van der Waals surface area (Å²) in [5.74, 6) is 0. The third kappa shape index (κ3) is 10.9. The molecule has 0 radical (unpaired) electrons. The van der Waals surface area contributed by atoms with E-state index in [1.54, 1.807) is 0 Å². The van der Waals surface area contributed by atoms with Gasteiger partial charge in [0, 0.05) is 13.2 Å². The van der Waals surface area contributed by atoms with Crippen molar-refractivity contribution in [3.05, 3.63) is 138 Å². The fourth-order valence-electron chi connectivity index (χ4n) is 6.78. The Balaban J connectivity index is 1.42. The molecule has 0 fully saturated rings. The minimum atomic E-state index is -0.310. The second-order valence-corrected chi connectivity index (χ2v) is 15.3. The molecule has 1 atom stereocenters. The lowest BCUT2D eigenvalue weighted by Crippen LogP contribution is -2.27. The third-order valence-electron chi connectivity index (χ3n) is 10.6. The van der Waals surface area contributed by atoms with Gasteiger partial charge < -0.3 is 19.3 Å². The molecule has 0 spiro atoms. The van der Waals surface area contributed by atoms with Gasteiger partial charge in [0.15, 0.2) is 0 Å². The number of hydrogen-bond acceptors (Lipinski definition) is 4. The summed E-state index contributed by atoms with van der Waals surface area (Å²) in [6.07, 6.45) is 3.32. The summed E-state index contributed by atoms with van der Waals surface area (Å²) in [6.45, 7) is 26.4. The summed E-state index contributed by atoms with van der Waals surface area (Å²) in [6, 6.07) is 20.6. The van der Waals surface area contributed by atoms with Crippen LogP contribution in [0.5, 0.6) is 0 Å². The Morgan fingerprint density at radius 2 is 1.14 bits per heavy atom. The molecule has 0 saturated heterocycles. The second kappa shape index (κ2) is 17.8. The molecule has 0 aliphatic carbocycles. The Kier molecular flexibility index (Phi) is 14.0. The van der Waals surface area contributed by atoms with Crippen LogP contribution in [0.1, 0.15) is 117 Å². The molecule has 4 aromatic rings. The first-order valence-electron chi connectivity index (χ1n) is 18.4. The minimum absolute atomic E-state index is 0.0546. The van der Waals surface area contributed by atoms with Gasteiger partial charge in [0.1, 0.15) is 0 Å². The molecule has 4 rings (SSSR count). The van der Waals surface area contributed by atoms with Gasteiger partial charge in [0.25, 0.3) is 0 Å². The molecule has 270 valence electrons. The fraction of sp³-hybridized carbons (Fsp3) is 0.478. The van der Waals surface area contributed by atoms with Crippen molar-refractivity contribution in [2.75, 3.05) is 13.2 Å². The number of aryl methyl sites for hydroxylation is 7. The first-order chi connectivity index (χ1) is 23.7. The highest BCUT2D eigenvalue weighted by molar-refractivity contribution is 5.45. The van der Waals surface area contributed by atoms with Gasteiger partial charge in [-0.25, -0.2) is 0 Å². The molecule has 0 heterocycles. The Labute approximate surface area is 303 Å². The number of aliphatic hydroxyl groups excluding tert-OH is 1. The highest BCUT2D eigenvalue weighted by Crippen LogP contribution is 2.28. The van der Waals surface area contributed by atoms with Crippen molar-refractivity contribution in [3.8, 4) is 0 Å². The fourth-order valence-corrected chi connectivity index (χ4v) is 6.78. The van der Waals surface area contributed by atoms with Crippen LogP contribution in [0.25, 0.3) is 0 Å². The maximum absolute atomic E-state index is 9.15. The molecule has 0 aliphatic heterocycles. The van der Waals surface area contributed by atoms with Gasteiger partial charge in [0.2, 0.25) is 0 Å². The van der Waals surface area contributed by atoms with E-state index in [9.17, 15) is 0 Å².